The zero-order valence-electron chi connectivity index (χ0n) is 8.57. The van der Waals surface area contributed by atoms with Crippen molar-refractivity contribution in [1.29, 1.82) is 0 Å². The third kappa shape index (κ3) is 2.05. The molecule has 1 N–H and O–H groups in total. The Hall–Kier alpha value is -1.51. The van der Waals surface area contributed by atoms with Gasteiger partial charge in [0.15, 0.2) is 0 Å². The first-order valence-corrected chi connectivity index (χ1v) is 4.43. The van der Waals surface area contributed by atoms with Gasteiger partial charge in [0.25, 0.3) is 0 Å². The molecule has 3 heteroatoms. The molecule has 0 fully saturated rings. The molecule has 0 aliphatic carbocycles. The molecule has 76 valence electrons. The number of aryl methyl sites for hydroxylation is 1. The molecule has 1 atom stereocenters. The van der Waals surface area contributed by atoms with E-state index in [1.54, 1.807) is 26.2 Å². The quantitative estimate of drug-likeness (QED) is 0.802. The van der Waals surface area contributed by atoms with E-state index in [4.69, 9.17) is 9.84 Å². The molecule has 0 spiro atoms. The van der Waals surface area contributed by atoms with Crippen molar-refractivity contribution in [3.8, 4) is 5.75 Å². The molecule has 0 heterocycles. The summed E-state index contributed by atoms with van der Waals surface area (Å²) in [6.45, 7) is 3.57. The van der Waals surface area contributed by atoms with Gasteiger partial charge in [0.1, 0.15) is 5.75 Å². The Kier molecular flexibility index (Phi) is 3.12. The summed E-state index contributed by atoms with van der Waals surface area (Å²) in [5.74, 6) is -0.500. The lowest BCUT2D eigenvalue weighted by Gasteiger charge is -2.10. The number of carboxylic acids is 1. The van der Waals surface area contributed by atoms with Gasteiger partial charge in [-0.2, -0.15) is 0 Å². The van der Waals surface area contributed by atoms with E-state index in [9.17, 15) is 4.79 Å². The van der Waals surface area contributed by atoms with Crippen molar-refractivity contribution < 1.29 is 14.6 Å². The average molecular weight is 194 g/mol. The van der Waals surface area contributed by atoms with Crippen LogP contribution in [0.4, 0.5) is 0 Å². The molecule has 1 aromatic carbocycles. The maximum atomic E-state index is 10.7. The van der Waals surface area contributed by atoms with Crippen LogP contribution in [-0.2, 0) is 4.79 Å². The van der Waals surface area contributed by atoms with Crippen LogP contribution in [0.25, 0.3) is 0 Å². The van der Waals surface area contributed by atoms with Crippen LogP contribution in [-0.4, -0.2) is 18.2 Å². The van der Waals surface area contributed by atoms with Gasteiger partial charge in [-0.3, -0.25) is 4.79 Å². The van der Waals surface area contributed by atoms with Crippen molar-refractivity contribution in [3.05, 3.63) is 29.3 Å². The summed E-state index contributed by atoms with van der Waals surface area (Å²) in [5, 5.41) is 8.82. The minimum Gasteiger partial charge on any atom is -0.496 e. The van der Waals surface area contributed by atoms with Crippen LogP contribution in [0.15, 0.2) is 18.2 Å². The van der Waals surface area contributed by atoms with Crippen molar-refractivity contribution in [2.75, 3.05) is 7.11 Å². The summed E-state index contributed by atoms with van der Waals surface area (Å²) >= 11 is 0. The molecule has 0 aromatic heterocycles. The molecule has 3 nitrogen and oxygen atoms in total. The summed E-state index contributed by atoms with van der Waals surface area (Å²) in [6, 6.07) is 5.42. The average Bonchev–Trinajstić information content (AvgIpc) is 2.16. The highest BCUT2D eigenvalue weighted by Crippen LogP contribution is 2.23. The first-order chi connectivity index (χ1) is 6.56. The Bertz CT molecular complexity index is 344. The minimum absolute atomic E-state index is 0.473. The molecule has 0 aliphatic heterocycles. The van der Waals surface area contributed by atoms with Crippen molar-refractivity contribution >= 4 is 5.97 Å². The molecule has 1 rings (SSSR count). The minimum atomic E-state index is -0.811. The highest BCUT2D eigenvalue weighted by molar-refractivity contribution is 5.75. The Morgan fingerprint density at radius 1 is 1.50 bits per heavy atom. The Morgan fingerprint density at radius 3 is 2.57 bits per heavy atom. The first-order valence-electron chi connectivity index (χ1n) is 4.43. The fourth-order valence-electron chi connectivity index (χ4n) is 1.31. The maximum Gasteiger partial charge on any atom is 0.310 e. The standard InChI is InChI=1S/C11H14O3/c1-7-6-9(8(2)11(12)13)4-5-10(7)14-3/h4-6,8H,1-3H3,(H,12,13). The molecule has 14 heavy (non-hydrogen) atoms. The van der Waals surface area contributed by atoms with Crippen molar-refractivity contribution in [2.24, 2.45) is 0 Å². The number of benzene rings is 1. The molecule has 0 radical (unpaired) electrons. The first kappa shape index (κ1) is 10.6. The van der Waals surface area contributed by atoms with E-state index in [1.165, 1.54) is 0 Å². The van der Waals surface area contributed by atoms with E-state index >= 15 is 0 Å². The second kappa shape index (κ2) is 4.13. The molecular formula is C11H14O3. The lowest BCUT2D eigenvalue weighted by Crippen LogP contribution is -2.07. The van der Waals surface area contributed by atoms with Crippen LogP contribution < -0.4 is 4.74 Å². The summed E-state index contributed by atoms with van der Waals surface area (Å²) < 4.78 is 5.09. The second-order valence-corrected chi connectivity index (χ2v) is 3.29. The van der Waals surface area contributed by atoms with E-state index in [0.717, 1.165) is 16.9 Å². The topological polar surface area (TPSA) is 46.5 Å². The fraction of sp³-hybridized carbons (Fsp3) is 0.364. The van der Waals surface area contributed by atoms with Crippen molar-refractivity contribution in [3.63, 3.8) is 0 Å². The van der Waals surface area contributed by atoms with Crippen molar-refractivity contribution in [2.45, 2.75) is 19.8 Å². The molecule has 0 amide bonds. The third-order valence-corrected chi connectivity index (χ3v) is 2.29. The highest BCUT2D eigenvalue weighted by Gasteiger charge is 2.14. The van der Waals surface area contributed by atoms with Crippen LogP contribution in [0, 0.1) is 6.92 Å². The molecule has 0 saturated carbocycles. The third-order valence-electron chi connectivity index (χ3n) is 2.29. The number of carboxylic acid groups (broad SMARTS) is 1. The van der Waals surface area contributed by atoms with Gasteiger partial charge in [0, 0.05) is 0 Å². The van der Waals surface area contributed by atoms with E-state index in [0.29, 0.717) is 0 Å². The van der Waals surface area contributed by atoms with E-state index in [-0.39, 0.29) is 0 Å². The zero-order chi connectivity index (χ0) is 10.7. The van der Waals surface area contributed by atoms with Gasteiger partial charge in [-0.15, -0.1) is 0 Å². The van der Waals surface area contributed by atoms with Gasteiger partial charge < -0.3 is 9.84 Å². The smallest absolute Gasteiger partial charge is 0.310 e. The Morgan fingerprint density at radius 2 is 2.14 bits per heavy atom. The summed E-state index contributed by atoms with van der Waals surface area (Å²) in [6.07, 6.45) is 0. The number of hydrogen-bond acceptors (Lipinski definition) is 2. The number of rotatable bonds is 3. The van der Waals surface area contributed by atoms with Gasteiger partial charge in [-0.25, -0.2) is 0 Å². The van der Waals surface area contributed by atoms with Gasteiger partial charge in [0.05, 0.1) is 13.0 Å². The predicted molar refractivity (Wildman–Crippen MR) is 53.8 cm³/mol. The molecule has 0 bridgehead atoms. The Balaban J connectivity index is 3.02. The number of hydrogen-bond donors (Lipinski definition) is 1. The van der Waals surface area contributed by atoms with Crippen LogP contribution in [0.1, 0.15) is 24.0 Å². The van der Waals surface area contributed by atoms with E-state index < -0.39 is 11.9 Å². The lowest BCUT2D eigenvalue weighted by molar-refractivity contribution is -0.138. The number of ether oxygens (including phenoxy) is 1. The van der Waals surface area contributed by atoms with Crippen molar-refractivity contribution in [1.82, 2.24) is 0 Å². The number of carbonyl (C=O) groups is 1. The van der Waals surface area contributed by atoms with Crippen LogP contribution in [0.2, 0.25) is 0 Å². The molecule has 1 unspecified atom stereocenters. The van der Waals surface area contributed by atoms with Crippen LogP contribution in [0.3, 0.4) is 0 Å². The molecule has 0 aliphatic rings. The second-order valence-electron chi connectivity index (χ2n) is 3.29. The highest BCUT2D eigenvalue weighted by atomic mass is 16.5. The lowest BCUT2D eigenvalue weighted by atomic mass is 9.99. The molecule has 0 saturated heterocycles. The van der Waals surface area contributed by atoms with Gasteiger partial charge in [0.2, 0.25) is 0 Å². The number of aliphatic carboxylic acids is 1. The van der Waals surface area contributed by atoms with Gasteiger partial charge >= 0.3 is 5.97 Å². The normalized spacial score (nSPS) is 12.2. The SMILES string of the molecule is COc1ccc(C(C)C(=O)O)cc1C. The van der Waals surface area contributed by atoms with Crippen LogP contribution >= 0.6 is 0 Å². The largest absolute Gasteiger partial charge is 0.496 e. The molecule has 1 aromatic rings. The zero-order valence-corrected chi connectivity index (χ0v) is 8.57. The predicted octanol–water partition coefficient (Wildman–Crippen LogP) is 2.19. The summed E-state index contributed by atoms with van der Waals surface area (Å²) in [5.41, 5.74) is 1.76. The monoisotopic (exact) mass is 194 g/mol. The van der Waals surface area contributed by atoms with Gasteiger partial charge in [-0.1, -0.05) is 12.1 Å². The van der Waals surface area contributed by atoms with E-state index in [2.05, 4.69) is 0 Å². The maximum absolute atomic E-state index is 10.7. The van der Waals surface area contributed by atoms with E-state index in [1.807, 2.05) is 13.0 Å². The van der Waals surface area contributed by atoms with Gasteiger partial charge in [-0.05, 0) is 31.0 Å². The van der Waals surface area contributed by atoms with Crippen LogP contribution in [0.5, 0.6) is 5.75 Å². The Labute approximate surface area is 83.3 Å². The fourth-order valence-corrected chi connectivity index (χ4v) is 1.31. The number of methoxy groups -OCH3 is 1. The summed E-state index contributed by atoms with van der Waals surface area (Å²) in [4.78, 5) is 10.7. The summed E-state index contributed by atoms with van der Waals surface area (Å²) in [7, 11) is 1.60. The molecular weight excluding hydrogens is 180 g/mol.